The number of aromatic amines is 1. The summed E-state index contributed by atoms with van der Waals surface area (Å²) in [6.45, 7) is 1.74. The monoisotopic (exact) mass is 276 g/mol. The van der Waals surface area contributed by atoms with Crippen LogP contribution in [0.4, 0.5) is 5.69 Å². The van der Waals surface area contributed by atoms with E-state index < -0.39 is 22.3 Å². The van der Waals surface area contributed by atoms with Gasteiger partial charge in [-0.3, -0.25) is 14.9 Å². The van der Waals surface area contributed by atoms with E-state index in [-0.39, 0.29) is 11.6 Å². The summed E-state index contributed by atoms with van der Waals surface area (Å²) in [7, 11) is 0. The maximum absolute atomic E-state index is 11.9. The number of aromatic hydroxyl groups is 1. The number of amides is 1. The molecule has 1 amide bonds. The van der Waals surface area contributed by atoms with Crippen molar-refractivity contribution in [3.8, 4) is 5.75 Å². The zero-order chi connectivity index (χ0) is 14.7. The number of nitrogens with zero attached hydrogens (tertiary/aromatic N) is 2. The highest BCUT2D eigenvalue weighted by molar-refractivity contribution is 5.95. The molecule has 1 aromatic heterocycles. The molecule has 1 heterocycles. The van der Waals surface area contributed by atoms with Gasteiger partial charge in [0.2, 0.25) is 0 Å². The van der Waals surface area contributed by atoms with E-state index in [4.69, 9.17) is 0 Å². The fraction of sp³-hybridized carbons (Fsp3) is 0.167. The second-order valence-corrected chi connectivity index (χ2v) is 4.13. The SMILES string of the molecule is CC(NC(=O)c1ccc([N+](=O)[O-])c(O)c1)c1ncc[nH]1. The highest BCUT2D eigenvalue weighted by Crippen LogP contribution is 2.26. The third-order valence-corrected chi connectivity index (χ3v) is 2.71. The number of imidazole rings is 1. The minimum atomic E-state index is -0.720. The average Bonchev–Trinajstić information content (AvgIpc) is 2.91. The van der Waals surface area contributed by atoms with Crippen molar-refractivity contribution in [2.75, 3.05) is 0 Å². The van der Waals surface area contributed by atoms with E-state index in [1.807, 2.05) is 0 Å². The molecule has 20 heavy (non-hydrogen) atoms. The van der Waals surface area contributed by atoms with Gasteiger partial charge in [-0.2, -0.15) is 0 Å². The zero-order valence-electron chi connectivity index (χ0n) is 10.5. The summed E-state index contributed by atoms with van der Waals surface area (Å²) in [6.07, 6.45) is 3.20. The van der Waals surface area contributed by atoms with Crippen molar-refractivity contribution >= 4 is 11.6 Å². The number of phenolic OH excluding ortho intramolecular Hbond substituents is 1. The Labute approximate surface area is 113 Å². The Morgan fingerprint density at radius 2 is 2.30 bits per heavy atom. The van der Waals surface area contributed by atoms with Gasteiger partial charge in [0.15, 0.2) is 5.75 Å². The lowest BCUT2D eigenvalue weighted by atomic mass is 10.1. The van der Waals surface area contributed by atoms with Gasteiger partial charge in [0.1, 0.15) is 5.82 Å². The molecule has 0 aliphatic heterocycles. The average molecular weight is 276 g/mol. The van der Waals surface area contributed by atoms with E-state index in [0.29, 0.717) is 5.82 Å². The van der Waals surface area contributed by atoms with Crippen LogP contribution in [0, 0.1) is 10.1 Å². The van der Waals surface area contributed by atoms with Crippen molar-refractivity contribution in [2.45, 2.75) is 13.0 Å². The van der Waals surface area contributed by atoms with Gasteiger partial charge in [-0.1, -0.05) is 0 Å². The molecular formula is C12H12N4O4. The minimum absolute atomic E-state index is 0.131. The number of carbonyl (C=O) groups excluding carboxylic acids is 1. The van der Waals surface area contributed by atoms with E-state index in [2.05, 4.69) is 15.3 Å². The molecular weight excluding hydrogens is 264 g/mol. The van der Waals surface area contributed by atoms with Crippen molar-refractivity contribution in [1.82, 2.24) is 15.3 Å². The standard InChI is InChI=1S/C12H12N4O4/c1-7(11-13-4-5-14-11)15-12(18)8-2-3-9(16(19)20)10(17)6-8/h2-7,17H,1H3,(H,13,14)(H,15,18). The van der Waals surface area contributed by atoms with Crippen molar-refractivity contribution in [1.29, 1.82) is 0 Å². The Morgan fingerprint density at radius 1 is 1.55 bits per heavy atom. The first-order chi connectivity index (χ1) is 9.49. The Bertz CT molecular complexity index is 639. The first-order valence-corrected chi connectivity index (χ1v) is 5.76. The summed E-state index contributed by atoms with van der Waals surface area (Å²) in [5, 5.41) is 22.7. The number of nitro benzene ring substituents is 1. The number of H-pyrrole nitrogens is 1. The van der Waals surface area contributed by atoms with Crippen LogP contribution in [0.1, 0.15) is 29.1 Å². The smallest absolute Gasteiger partial charge is 0.310 e. The number of phenols is 1. The largest absolute Gasteiger partial charge is 0.502 e. The van der Waals surface area contributed by atoms with Gasteiger partial charge in [0.05, 0.1) is 11.0 Å². The van der Waals surface area contributed by atoms with Gasteiger partial charge in [0.25, 0.3) is 5.91 Å². The highest BCUT2D eigenvalue weighted by atomic mass is 16.6. The molecule has 1 aromatic carbocycles. The molecule has 0 bridgehead atoms. The topological polar surface area (TPSA) is 121 Å². The molecule has 104 valence electrons. The summed E-state index contributed by atoms with van der Waals surface area (Å²) in [5.41, 5.74) is -0.313. The van der Waals surface area contributed by atoms with Crippen LogP contribution >= 0.6 is 0 Å². The summed E-state index contributed by atoms with van der Waals surface area (Å²) >= 11 is 0. The van der Waals surface area contributed by atoms with Crippen molar-refractivity contribution in [3.63, 3.8) is 0 Å². The molecule has 1 unspecified atom stereocenters. The van der Waals surface area contributed by atoms with Crippen molar-refractivity contribution in [3.05, 3.63) is 52.1 Å². The fourth-order valence-electron chi connectivity index (χ4n) is 1.68. The predicted molar refractivity (Wildman–Crippen MR) is 69.2 cm³/mol. The molecule has 0 aliphatic rings. The van der Waals surface area contributed by atoms with Crippen LogP contribution in [-0.4, -0.2) is 25.9 Å². The third kappa shape index (κ3) is 2.74. The zero-order valence-corrected chi connectivity index (χ0v) is 10.5. The van der Waals surface area contributed by atoms with Crippen LogP contribution in [0.25, 0.3) is 0 Å². The molecule has 2 rings (SSSR count). The number of nitrogens with one attached hydrogen (secondary N) is 2. The van der Waals surface area contributed by atoms with Gasteiger partial charge in [-0.15, -0.1) is 0 Å². The van der Waals surface area contributed by atoms with Gasteiger partial charge in [-0.05, 0) is 19.1 Å². The van der Waals surface area contributed by atoms with Gasteiger partial charge >= 0.3 is 5.69 Å². The number of aromatic nitrogens is 2. The lowest BCUT2D eigenvalue weighted by Gasteiger charge is -2.11. The van der Waals surface area contributed by atoms with E-state index in [1.54, 1.807) is 19.3 Å². The van der Waals surface area contributed by atoms with Crippen LogP contribution in [0.3, 0.4) is 0 Å². The van der Waals surface area contributed by atoms with E-state index in [1.165, 1.54) is 6.07 Å². The molecule has 3 N–H and O–H groups in total. The molecule has 0 fully saturated rings. The molecule has 0 spiro atoms. The van der Waals surface area contributed by atoms with E-state index >= 15 is 0 Å². The normalized spacial score (nSPS) is 11.8. The van der Waals surface area contributed by atoms with Crippen LogP contribution in [0.15, 0.2) is 30.6 Å². The molecule has 0 radical (unpaired) electrons. The van der Waals surface area contributed by atoms with E-state index in [9.17, 15) is 20.0 Å². The molecule has 0 saturated heterocycles. The van der Waals surface area contributed by atoms with Gasteiger partial charge < -0.3 is 15.4 Å². The summed E-state index contributed by atoms with van der Waals surface area (Å²) in [4.78, 5) is 28.7. The quantitative estimate of drug-likeness (QED) is 0.577. The number of nitro groups is 1. The maximum atomic E-state index is 11.9. The maximum Gasteiger partial charge on any atom is 0.310 e. The second kappa shape index (κ2) is 5.39. The van der Waals surface area contributed by atoms with Crippen LogP contribution in [0.2, 0.25) is 0 Å². The first-order valence-electron chi connectivity index (χ1n) is 5.76. The predicted octanol–water partition coefficient (Wildman–Crippen LogP) is 1.51. The number of rotatable bonds is 4. The highest BCUT2D eigenvalue weighted by Gasteiger charge is 2.18. The lowest BCUT2D eigenvalue weighted by Crippen LogP contribution is -2.27. The molecule has 8 heteroatoms. The first kappa shape index (κ1) is 13.5. The summed E-state index contributed by atoms with van der Waals surface area (Å²) in [5.74, 6) is -0.420. The Morgan fingerprint density at radius 3 is 2.85 bits per heavy atom. The second-order valence-electron chi connectivity index (χ2n) is 4.13. The lowest BCUT2D eigenvalue weighted by molar-refractivity contribution is -0.385. The molecule has 2 aromatic rings. The van der Waals surface area contributed by atoms with E-state index in [0.717, 1.165) is 12.1 Å². The number of benzene rings is 1. The van der Waals surface area contributed by atoms with Gasteiger partial charge in [0, 0.05) is 24.0 Å². The van der Waals surface area contributed by atoms with Crippen LogP contribution in [0.5, 0.6) is 5.75 Å². The van der Waals surface area contributed by atoms with Crippen LogP contribution in [-0.2, 0) is 0 Å². The van der Waals surface area contributed by atoms with Crippen molar-refractivity contribution in [2.24, 2.45) is 0 Å². The number of hydrogen-bond donors (Lipinski definition) is 3. The Kier molecular flexibility index (Phi) is 3.65. The third-order valence-electron chi connectivity index (χ3n) is 2.71. The molecule has 1 atom stereocenters. The Balaban J connectivity index is 2.14. The van der Waals surface area contributed by atoms with Crippen molar-refractivity contribution < 1.29 is 14.8 Å². The fourth-order valence-corrected chi connectivity index (χ4v) is 1.68. The number of carbonyl (C=O) groups is 1. The molecule has 0 aliphatic carbocycles. The Hall–Kier alpha value is -2.90. The summed E-state index contributed by atoms with van der Waals surface area (Å²) in [6, 6.07) is 3.07. The number of hydrogen-bond acceptors (Lipinski definition) is 5. The molecule has 8 nitrogen and oxygen atoms in total. The summed E-state index contributed by atoms with van der Waals surface area (Å²) < 4.78 is 0. The minimum Gasteiger partial charge on any atom is -0.502 e. The molecule has 0 saturated carbocycles. The van der Waals surface area contributed by atoms with Gasteiger partial charge in [-0.25, -0.2) is 4.98 Å². The van der Waals surface area contributed by atoms with Crippen LogP contribution < -0.4 is 5.32 Å².